The summed E-state index contributed by atoms with van der Waals surface area (Å²) in [5.74, 6) is 0.969. The molecule has 4 heteroatoms. The molecule has 0 saturated heterocycles. The molecule has 1 unspecified atom stereocenters. The molecule has 0 aliphatic carbocycles. The predicted octanol–water partition coefficient (Wildman–Crippen LogP) is 6.64. The smallest absolute Gasteiger partial charge is 0.103 e. The average Bonchev–Trinajstić information content (AvgIpc) is 3.35. The van der Waals surface area contributed by atoms with E-state index in [1.807, 2.05) is 45.9 Å². The summed E-state index contributed by atoms with van der Waals surface area (Å²) in [7, 11) is 2.69. The van der Waals surface area contributed by atoms with E-state index >= 15 is 0 Å². The highest BCUT2D eigenvalue weighted by molar-refractivity contribution is 7.27. The van der Waals surface area contributed by atoms with Gasteiger partial charge in [0.15, 0.2) is 0 Å². The van der Waals surface area contributed by atoms with E-state index in [1.165, 1.54) is 21.3 Å². The van der Waals surface area contributed by atoms with Gasteiger partial charge in [-0.25, -0.2) is 4.98 Å². The summed E-state index contributed by atoms with van der Waals surface area (Å²) in [5, 5.41) is 3.33. The topological polar surface area (TPSA) is 28.7 Å². The molecular weight excluding hydrogens is 367 g/mol. The number of aryl methyl sites for hydroxylation is 2. The summed E-state index contributed by atoms with van der Waals surface area (Å²) in [4.78, 5) is 8.95. The molecule has 4 rings (SSSR count). The fourth-order valence-electron chi connectivity index (χ4n) is 2.58. The number of nitrogens with one attached hydrogen (secondary N) is 1. The molecule has 2 nitrogen and oxygen atoms in total. The molecule has 0 radical (unpaired) electrons. The summed E-state index contributed by atoms with van der Waals surface area (Å²) in [6.07, 6.45) is 0. The van der Waals surface area contributed by atoms with Crippen LogP contribution in [-0.2, 0) is 0 Å². The van der Waals surface area contributed by atoms with Crippen LogP contribution in [0.4, 0.5) is 0 Å². The van der Waals surface area contributed by atoms with Gasteiger partial charge in [0.2, 0.25) is 0 Å². The van der Waals surface area contributed by atoms with Crippen LogP contribution in [-0.4, -0.2) is 9.97 Å². The molecule has 0 aliphatic rings. The second-order valence-electron chi connectivity index (χ2n) is 5.76. The summed E-state index contributed by atoms with van der Waals surface area (Å²) >= 11 is 1.78. The number of hydrogen-bond donors (Lipinski definition) is 1. The molecule has 2 aromatic heterocycles. The van der Waals surface area contributed by atoms with E-state index in [0.29, 0.717) is 0 Å². The minimum absolute atomic E-state index is 0.969. The second-order valence-corrected chi connectivity index (χ2v) is 7.38. The molecule has 1 N–H and O–H groups in total. The van der Waals surface area contributed by atoms with Crippen molar-refractivity contribution in [1.82, 2.24) is 9.97 Å². The monoisotopic (exact) mass is 394 g/mol. The largest absolute Gasteiger partial charge is 0.346 e. The van der Waals surface area contributed by atoms with E-state index in [4.69, 9.17) is 0 Å². The molecule has 1 atom stereocenters. The average molecular weight is 395 g/mol. The van der Waals surface area contributed by atoms with Crippen LogP contribution in [0.25, 0.3) is 21.7 Å². The SMILES string of the molecule is CC.Cc1nc(-c2ccccc2)c(C)[nH]1.Pc1ccc(-c2cccs2)cc1. The number of aromatic nitrogens is 2. The van der Waals surface area contributed by atoms with Crippen LogP contribution in [0.5, 0.6) is 0 Å². The Morgan fingerprint density at radius 3 is 2.00 bits per heavy atom. The Morgan fingerprint density at radius 2 is 1.48 bits per heavy atom. The number of aromatic amines is 1. The summed E-state index contributed by atoms with van der Waals surface area (Å²) in [6, 6.07) is 22.9. The van der Waals surface area contributed by atoms with E-state index in [0.717, 1.165) is 17.2 Å². The number of benzene rings is 2. The Morgan fingerprint density at radius 1 is 0.815 bits per heavy atom. The Labute approximate surface area is 168 Å². The van der Waals surface area contributed by atoms with Crippen molar-refractivity contribution in [2.24, 2.45) is 0 Å². The highest BCUT2D eigenvalue weighted by Gasteiger charge is 2.04. The minimum Gasteiger partial charge on any atom is -0.346 e. The third-order valence-corrected chi connectivity index (χ3v) is 5.07. The predicted molar refractivity (Wildman–Crippen MR) is 124 cm³/mol. The molecule has 0 fully saturated rings. The van der Waals surface area contributed by atoms with E-state index in [2.05, 4.69) is 73.1 Å². The zero-order valence-electron chi connectivity index (χ0n) is 16.4. The van der Waals surface area contributed by atoms with Gasteiger partial charge in [-0.2, -0.15) is 0 Å². The Bertz CT molecular complexity index is 911. The van der Waals surface area contributed by atoms with E-state index in [-0.39, 0.29) is 0 Å². The Kier molecular flexibility index (Phi) is 8.44. The van der Waals surface area contributed by atoms with Crippen molar-refractivity contribution in [3.8, 4) is 21.7 Å². The molecular formula is C23H27N2PS. The lowest BCUT2D eigenvalue weighted by molar-refractivity contribution is 1.13. The quantitative estimate of drug-likeness (QED) is 0.380. The lowest BCUT2D eigenvalue weighted by Crippen LogP contribution is -1.86. The first-order valence-electron chi connectivity index (χ1n) is 9.11. The van der Waals surface area contributed by atoms with E-state index in [1.54, 1.807) is 11.3 Å². The van der Waals surface area contributed by atoms with Gasteiger partial charge in [-0.3, -0.25) is 0 Å². The first-order chi connectivity index (χ1) is 13.1. The van der Waals surface area contributed by atoms with Crippen LogP contribution in [0.3, 0.4) is 0 Å². The molecule has 2 heterocycles. The highest BCUT2D eigenvalue weighted by atomic mass is 32.1. The van der Waals surface area contributed by atoms with Crippen molar-refractivity contribution < 1.29 is 0 Å². The van der Waals surface area contributed by atoms with Gasteiger partial charge in [0, 0.05) is 16.1 Å². The molecule has 0 bridgehead atoms. The van der Waals surface area contributed by atoms with Crippen LogP contribution in [0.2, 0.25) is 0 Å². The number of H-pyrrole nitrogens is 1. The lowest BCUT2D eigenvalue weighted by atomic mass is 10.1. The first-order valence-corrected chi connectivity index (χ1v) is 10.6. The molecule has 2 aromatic carbocycles. The van der Waals surface area contributed by atoms with Crippen molar-refractivity contribution in [2.45, 2.75) is 27.7 Å². The zero-order chi connectivity index (χ0) is 19.6. The number of thiophene rings is 1. The number of imidazole rings is 1. The fraction of sp³-hybridized carbons (Fsp3) is 0.174. The van der Waals surface area contributed by atoms with Crippen molar-refractivity contribution in [3.05, 3.63) is 83.6 Å². The molecule has 27 heavy (non-hydrogen) atoms. The normalized spacial score (nSPS) is 9.67. The molecule has 4 aromatic rings. The van der Waals surface area contributed by atoms with Gasteiger partial charge < -0.3 is 4.98 Å². The Hall–Kier alpha value is -2.22. The Balaban J connectivity index is 0.000000178. The van der Waals surface area contributed by atoms with Crippen molar-refractivity contribution in [1.29, 1.82) is 0 Å². The fourth-order valence-corrected chi connectivity index (χ4v) is 3.50. The maximum atomic E-state index is 4.42. The van der Waals surface area contributed by atoms with Crippen molar-refractivity contribution in [2.75, 3.05) is 0 Å². The maximum Gasteiger partial charge on any atom is 0.103 e. The summed E-state index contributed by atoms with van der Waals surface area (Å²) < 4.78 is 0. The molecule has 0 amide bonds. The molecule has 0 saturated carbocycles. The van der Waals surface area contributed by atoms with Gasteiger partial charge in [0.1, 0.15) is 5.82 Å². The van der Waals surface area contributed by atoms with Gasteiger partial charge in [-0.1, -0.05) is 74.5 Å². The highest BCUT2D eigenvalue weighted by Crippen LogP contribution is 2.23. The number of nitrogens with zero attached hydrogens (tertiary/aromatic N) is 1. The number of rotatable bonds is 2. The van der Waals surface area contributed by atoms with Crippen LogP contribution >= 0.6 is 20.6 Å². The van der Waals surface area contributed by atoms with Gasteiger partial charge in [0.05, 0.1) is 5.69 Å². The standard InChI is InChI=1S/C11H12N2.C10H9PS.C2H6/c1-8-11(13-9(2)12-8)10-6-4-3-5-7-10;11-9-5-3-8(4-6-9)10-2-1-7-12-10;1-2/h3-7H,1-2H3,(H,12,13);1-7H,11H2;1-2H3. The van der Waals surface area contributed by atoms with Crippen LogP contribution < -0.4 is 5.30 Å². The lowest BCUT2D eigenvalue weighted by Gasteiger charge is -1.96. The third kappa shape index (κ3) is 6.16. The molecule has 0 aliphatic heterocycles. The first kappa shape index (κ1) is 21.1. The van der Waals surface area contributed by atoms with Crippen LogP contribution in [0.1, 0.15) is 25.4 Å². The summed E-state index contributed by atoms with van der Waals surface area (Å²) in [5.41, 5.74) is 4.65. The van der Waals surface area contributed by atoms with Gasteiger partial charge in [0.25, 0.3) is 0 Å². The van der Waals surface area contributed by atoms with Crippen LogP contribution in [0, 0.1) is 13.8 Å². The summed E-state index contributed by atoms with van der Waals surface area (Å²) in [6.45, 7) is 8.02. The zero-order valence-corrected chi connectivity index (χ0v) is 18.3. The minimum atomic E-state index is 0.969. The van der Waals surface area contributed by atoms with Crippen molar-refractivity contribution >= 4 is 25.9 Å². The van der Waals surface area contributed by atoms with Gasteiger partial charge >= 0.3 is 0 Å². The maximum absolute atomic E-state index is 4.42. The molecule has 0 spiro atoms. The molecule has 140 valence electrons. The van der Waals surface area contributed by atoms with E-state index in [9.17, 15) is 0 Å². The van der Waals surface area contributed by atoms with Gasteiger partial charge in [-0.05, 0) is 36.2 Å². The number of hydrogen-bond acceptors (Lipinski definition) is 2. The third-order valence-electron chi connectivity index (χ3n) is 3.77. The van der Waals surface area contributed by atoms with Crippen LogP contribution in [0.15, 0.2) is 72.1 Å². The van der Waals surface area contributed by atoms with Gasteiger partial charge in [-0.15, -0.1) is 20.6 Å². The van der Waals surface area contributed by atoms with Crippen molar-refractivity contribution in [3.63, 3.8) is 0 Å². The second kappa shape index (κ2) is 10.8. The van der Waals surface area contributed by atoms with E-state index < -0.39 is 0 Å².